The molecule has 3 nitrogen and oxygen atoms in total. The monoisotopic (exact) mass is 278 g/mol. The first-order valence-electron chi connectivity index (χ1n) is 6.61. The minimum Gasteiger partial charge on any atom is -0.384 e. The molecule has 1 fully saturated rings. The molecule has 1 aliphatic rings. The van der Waals surface area contributed by atoms with Crippen molar-refractivity contribution >= 4 is 17.3 Å². The average molecular weight is 279 g/mol. The van der Waals surface area contributed by atoms with Gasteiger partial charge in [-0.05, 0) is 36.5 Å². The van der Waals surface area contributed by atoms with E-state index >= 15 is 0 Å². The summed E-state index contributed by atoms with van der Waals surface area (Å²) in [5.41, 5.74) is 2.74. The van der Waals surface area contributed by atoms with Gasteiger partial charge in [-0.25, -0.2) is 0 Å². The summed E-state index contributed by atoms with van der Waals surface area (Å²) in [7, 11) is 1.74. The molecule has 0 spiro atoms. The van der Waals surface area contributed by atoms with Gasteiger partial charge in [0.05, 0.1) is 17.9 Å². The van der Waals surface area contributed by atoms with Crippen LogP contribution in [0.3, 0.4) is 0 Å². The van der Waals surface area contributed by atoms with E-state index in [-0.39, 0.29) is 0 Å². The maximum Gasteiger partial charge on any atom is 0.101 e. The molecule has 1 saturated heterocycles. The smallest absolute Gasteiger partial charge is 0.101 e. The first-order chi connectivity index (χ1) is 9.28. The molecule has 1 aliphatic heterocycles. The van der Waals surface area contributed by atoms with Crippen LogP contribution in [0.1, 0.15) is 24.0 Å². The Morgan fingerprint density at radius 3 is 3.05 bits per heavy atom. The van der Waals surface area contributed by atoms with Crippen molar-refractivity contribution < 1.29 is 4.74 Å². The van der Waals surface area contributed by atoms with Crippen LogP contribution in [-0.4, -0.2) is 26.8 Å². The van der Waals surface area contributed by atoms with Crippen LogP contribution in [0.25, 0.3) is 0 Å². The lowest BCUT2D eigenvalue weighted by Gasteiger charge is -2.34. The summed E-state index contributed by atoms with van der Waals surface area (Å²) < 4.78 is 5.25. The van der Waals surface area contributed by atoms with Crippen LogP contribution >= 0.6 is 11.6 Å². The van der Waals surface area contributed by atoms with Crippen molar-refractivity contribution in [3.63, 3.8) is 0 Å². The van der Waals surface area contributed by atoms with Gasteiger partial charge in [0.1, 0.15) is 6.07 Å². The van der Waals surface area contributed by atoms with Gasteiger partial charge in [-0.1, -0.05) is 6.07 Å². The molecule has 0 amide bonds. The van der Waals surface area contributed by atoms with Gasteiger partial charge in [-0.15, -0.1) is 11.6 Å². The van der Waals surface area contributed by atoms with Crippen LogP contribution in [0.15, 0.2) is 18.2 Å². The summed E-state index contributed by atoms with van der Waals surface area (Å²) in [5, 5.41) is 9.29. The highest BCUT2D eigenvalue weighted by Gasteiger charge is 2.21. The number of ether oxygens (including phenoxy) is 1. The molecule has 2 rings (SSSR count). The number of methoxy groups -OCH3 is 1. The highest BCUT2D eigenvalue weighted by molar-refractivity contribution is 6.17. The van der Waals surface area contributed by atoms with Gasteiger partial charge in [-0.2, -0.15) is 5.26 Å². The Morgan fingerprint density at radius 2 is 2.37 bits per heavy atom. The number of piperidine rings is 1. The van der Waals surface area contributed by atoms with Gasteiger partial charge in [0, 0.05) is 26.1 Å². The number of anilines is 1. The number of alkyl halides is 1. The third-order valence-corrected chi connectivity index (χ3v) is 3.91. The van der Waals surface area contributed by atoms with E-state index in [1.807, 2.05) is 18.2 Å². The minimum absolute atomic E-state index is 0.446. The Hall–Kier alpha value is -1.24. The SMILES string of the molecule is COCC1CCCN(c2ccc(CCl)cc2C#N)C1. The summed E-state index contributed by atoms with van der Waals surface area (Å²) in [6.07, 6.45) is 2.35. The van der Waals surface area contributed by atoms with Gasteiger partial charge in [0.15, 0.2) is 0 Å². The van der Waals surface area contributed by atoms with Crippen LogP contribution in [0.4, 0.5) is 5.69 Å². The zero-order valence-corrected chi connectivity index (χ0v) is 12.0. The van der Waals surface area contributed by atoms with Crippen LogP contribution in [-0.2, 0) is 10.6 Å². The summed E-state index contributed by atoms with van der Waals surface area (Å²) in [6.45, 7) is 2.76. The minimum atomic E-state index is 0.446. The average Bonchev–Trinajstić information content (AvgIpc) is 2.47. The molecule has 1 unspecified atom stereocenters. The number of nitriles is 1. The van der Waals surface area contributed by atoms with E-state index in [0.717, 1.165) is 42.9 Å². The van der Waals surface area contributed by atoms with Crippen LogP contribution in [0.2, 0.25) is 0 Å². The summed E-state index contributed by atoms with van der Waals surface area (Å²) in [5.74, 6) is 0.999. The molecule has 0 saturated carbocycles. The first kappa shape index (κ1) is 14.2. The van der Waals surface area contributed by atoms with Crippen LogP contribution in [0, 0.1) is 17.2 Å². The lowest BCUT2D eigenvalue weighted by Crippen LogP contribution is -2.37. The topological polar surface area (TPSA) is 36.3 Å². The lowest BCUT2D eigenvalue weighted by molar-refractivity contribution is 0.143. The second kappa shape index (κ2) is 6.79. The van der Waals surface area contributed by atoms with Gasteiger partial charge >= 0.3 is 0 Å². The highest BCUT2D eigenvalue weighted by Crippen LogP contribution is 2.27. The fourth-order valence-electron chi connectivity index (χ4n) is 2.69. The molecule has 0 aliphatic carbocycles. The van der Waals surface area contributed by atoms with E-state index in [4.69, 9.17) is 16.3 Å². The quantitative estimate of drug-likeness (QED) is 0.794. The maximum atomic E-state index is 9.29. The van der Waals surface area contributed by atoms with Crippen molar-refractivity contribution in [1.29, 1.82) is 5.26 Å². The number of benzene rings is 1. The molecule has 4 heteroatoms. The Bertz CT molecular complexity index is 468. The highest BCUT2D eigenvalue weighted by atomic mass is 35.5. The third kappa shape index (κ3) is 3.40. The van der Waals surface area contributed by atoms with E-state index in [1.165, 1.54) is 6.42 Å². The predicted molar refractivity (Wildman–Crippen MR) is 77.5 cm³/mol. The van der Waals surface area contributed by atoms with Crippen molar-refractivity contribution in [3.8, 4) is 6.07 Å². The van der Waals surface area contributed by atoms with Gasteiger partial charge in [0.2, 0.25) is 0 Å². The first-order valence-corrected chi connectivity index (χ1v) is 7.14. The molecule has 1 heterocycles. The fourth-order valence-corrected chi connectivity index (χ4v) is 2.85. The number of hydrogen-bond donors (Lipinski definition) is 0. The Kier molecular flexibility index (Phi) is 5.07. The molecular weight excluding hydrogens is 260 g/mol. The van der Waals surface area contributed by atoms with Gasteiger partial charge in [0.25, 0.3) is 0 Å². The molecule has 1 aromatic rings. The van der Waals surface area contributed by atoms with Crippen molar-refractivity contribution in [2.24, 2.45) is 5.92 Å². The van der Waals surface area contributed by atoms with Crippen molar-refractivity contribution in [1.82, 2.24) is 0 Å². The molecule has 1 atom stereocenters. The molecule has 102 valence electrons. The van der Waals surface area contributed by atoms with Gasteiger partial charge in [-0.3, -0.25) is 0 Å². The molecule has 0 aromatic heterocycles. The maximum absolute atomic E-state index is 9.29. The Balaban J connectivity index is 2.19. The zero-order chi connectivity index (χ0) is 13.7. The summed E-state index contributed by atoms with van der Waals surface area (Å²) in [6, 6.07) is 8.20. The van der Waals surface area contributed by atoms with Crippen molar-refractivity contribution in [2.75, 3.05) is 31.7 Å². The zero-order valence-electron chi connectivity index (χ0n) is 11.2. The lowest BCUT2D eigenvalue weighted by atomic mass is 9.97. The van der Waals surface area contributed by atoms with Crippen LogP contribution in [0.5, 0.6) is 0 Å². The molecule has 19 heavy (non-hydrogen) atoms. The van der Waals surface area contributed by atoms with Crippen molar-refractivity contribution in [2.45, 2.75) is 18.7 Å². The molecule has 0 radical (unpaired) electrons. The second-order valence-electron chi connectivity index (χ2n) is 5.01. The van der Waals surface area contributed by atoms with E-state index in [9.17, 15) is 5.26 Å². The Labute approximate surface area is 119 Å². The molecular formula is C15H19ClN2O. The van der Waals surface area contributed by atoms with E-state index in [0.29, 0.717) is 11.8 Å². The van der Waals surface area contributed by atoms with E-state index in [2.05, 4.69) is 11.0 Å². The van der Waals surface area contributed by atoms with Gasteiger partial charge < -0.3 is 9.64 Å². The number of nitrogens with zero attached hydrogens (tertiary/aromatic N) is 2. The molecule has 1 aromatic carbocycles. The number of halogens is 1. The molecule has 0 N–H and O–H groups in total. The summed E-state index contributed by atoms with van der Waals surface area (Å²) >= 11 is 5.82. The number of rotatable bonds is 4. The Morgan fingerprint density at radius 1 is 1.53 bits per heavy atom. The predicted octanol–water partition coefficient (Wildman–Crippen LogP) is 3.16. The molecule has 0 bridgehead atoms. The fraction of sp³-hybridized carbons (Fsp3) is 0.533. The standard InChI is InChI=1S/C15H19ClN2O/c1-19-11-13-3-2-6-18(10-13)15-5-4-12(8-16)7-14(15)9-17/h4-5,7,13H,2-3,6,8,10-11H2,1H3. The van der Waals surface area contributed by atoms with E-state index < -0.39 is 0 Å². The third-order valence-electron chi connectivity index (χ3n) is 3.60. The van der Waals surface area contributed by atoms with Crippen LogP contribution < -0.4 is 4.90 Å². The summed E-state index contributed by atoms with van der Waals surface area (Å²) in [4.78, 5) is 2.30. The number of hydrogen-bond acceptors (Lipinski definition) is 3. The second-order valence-corrected chi connectivity index (χ2v) is 5.27. The van der Waals surface area contributed by atoms with E-state index in [1.54, 1.807) is 7.11 Å². The van der Waals surface area contributed by atoms with Crippen molar-refractivity contribution in [3.05, 3.63) is 29.3 Å². The largest absolute Gasteiger partial charge is 0.384 e. The normalized spacial score (nSPS) is 19.2.